The summed E-state index contributed by atoms with van der Waals surface area (Å²) >= 11 is 15.9. The van der Waals surface area contributed by atoms with Gasteiger partial charge >= 0.3 is 0 Å². The number of anilines is 1. The average Bonchev–Trinajstić information content (AvgIpc) is 2.41. The molecule has 100 valence electrons. The highest BCUT2D eigenvalue weighted by molar-refractivity contribution is 9.10. The van der Waals surface area contributed by atoms with Crippen LogP contribution in [0.25, 0.3) is 10.9 Å². The molecule has 1 aromatic carbocycles. The molecule has 0 spiro atoms. The minimum absolute atomic E-state index is 0.304. The van der Waals surface area contributed by atoms with E-state index in [4.69, 9.17) is 23.2 Å². The summed E-state index contributed by atoms with van der Waals surface area (Å²) in [6.07, 6.45) is 3.96. The summed E-state index contributed by atoms with van der Waals surface area (Å²) < 4.78 is 1.06. The van der Waals surface area contributed by atoms with Gasteiger partial charge in [-0.3, -0.25) is 4.98 Å². The van der Waals surface area contributed by atoms with Gasteiger partial charge in [-0.1, -0.05) is 11.6 Å². The first-order valence-corrected chi connectivity index (χ1v) is 7.88. The summed E-state index contributed by atoms with van der Waals surface area (Å²) in [5.74, 6) is 0. The first-order valence-electron chi connectivity index (χ1n) is 6.28. The Morgan fingerprint density at radius 3 is 2.74 bits per heavy atom. The van der Waals surface area contributed by atoms with Crippen LogP contribution in [0, 0.1) is 0 Å². The van der Waals surface area contributed by atoms with Gasteiger partial charge in [-0.15, -0.1) is 11.6 Å². The van der Waals surface area contributed by atoms with Gasteiger partial charge < -0.3 is 4.90 Å². The second-order valence-electron chi connectivity index (χ2n) is 4.78. The Morgan fingerprint density at radius 2 is 2.00 bits per heavy atom. The number of aromatic nitrogens is 1. The molecule has 1 saturated heterocycles. The molecular formula is C14H13BrCl2N2. The smallest absolute Gasteiger partial charge is 0.0716 e. The number of piperidine rings is 1. The largest absolute Gasteiger partial charge is 0.369 e. The monoisotopic (exact) mass is 358 g/mol. The van der Waals surface area contributed by atoms with Crippen molar-refractivity contribution in [1.82, 2.24) is 4.98 Å². The molecule has 1 fully saturated rings. The normalized spacial score (nSPS) is 17.1. The summed E-state index contributed by atoms with van der Waals surface area (Å²) in [4.78, 5) is 6.84. The van der Waals surface area contributed by atoms with Gasteiger partial charge in [0.1, 0.15) is 0 Å². The number of nitrogens with zero attached hydrogens (tertiary/aromatic N) is 2. The lowest BCUT2D eigenvalue weighted by Gasteiger charge is -2.31. The minimum atomic E-state index is 0.304. The molecule has 0 atom stereocenters. The highest BCUT2D eigenvalue weighted by atomic mass is 79.9. The number of benzene rings is 1. The first kappa shape index (κ1) is 13.5. The van der Waals surface area contributed by atoms with Crippen molar-refractivity contribution in [2.45, 2.75) is 18.2 Å². The molecule has 1 aromatic heterocycles. The second-order valence-corrected chi connectivity index (χ2v) is 6.63. The van der Waals surface area contributed by atoms with Crippen molar-refractivity contribution in [1.29, 1.82) is 0 Å². The maximum Gasteiger partial charge on any atom is 0.0716 e. The fourth-order valence-corrected chi connectivity index (χ4v) is 3.47. The third-order valence-electron chi connectivity index (χ3n) is 3.51. The molecule has 1 aliphatic heterocycles. The van der Waals surface area contributed by atoms with E-state index in [1.165, 1.54) is 0 Å². The SMILES string of the molecule is Clc1ccc2ncc(N3CCC(Cl)CC3)c(Br)c2c1. The fraction of sp³-hybridized carbons (Fsp3) is 0.357. The van der Waals surface area contributed by atoms with Gasteiger partial charge in [-0.2, -0.15) is 0 Å². The number of alkyl halides is 1. The van der Waals surface area contributed by atoms with E-state index in [1.807, 2.05) is 24.4 Å². The summed E-state index contributed by atoms with van der Waals surface area (Å²) in [7, 11) is 0. The molecule has 2 heterocycles. The third kappa shape index (κ3) is 2.69. The molecule has 0 aliphatic carbocycles. The molecule has 0 N–H and O–H groups in total. The van der Waals surface area contributed by atoms with Crippen molar-refractivity contribution in [2.75, 3.05) is 18.0 Å². The van der Waals surface area contributed by atoms with Gasteiger partial charge in [0.05, 0.1) is 21.9 Å². The highest BCUT2D eigenvalue weighted by Crippen LogP contribution is 2.35. The molecule has 2 aromatic rings. The predicted molar refractivity (Wildman–Crippen MR) is 85.5 cm³/mol. The number of fused-ring (bicyclic) bond motifs is 1. The Morgan fingerprint density at radius 1 is 1.26 bits per heavy atom. The van der Waals surface area contributed by atoms with Crippen LogP contribution in [0.15, 0.2) is 28.9 Å². The highest BCUT2D eigenvalue weighted by Gasteiger charge is 2.20. The zero-order valence-electron chi connectivity index (χ0n) is 10.2. The van der Waals surface area contributed by atoms with Crippen LogP contribution in [-0.4, -0.2) is 23.5 Å². The van der Waals surface area contributed by atoms with Crippen molar-refractivity contribution in [3.63, 3.8) is 0 Å². The van der Waals surface area contributed by atoms with Crippen LogP contribution in [0.4, 0.5) is 5.69 Å². The van der Waals surface area contributed by atoms with Gasteiger partial charge in [0.25, 0.3) is 0 Å². The third-order valence-corrected chi connectivity index (χ3v) is 5.02. The zero-order chi connectivity index (χ0) is 13.4. The van der Waals surface area contributed by atoms with Crippen LogP contribution in [0.2, 0.25) is 5.02 Å². The maximum absolute atomic E-state index is 6.15. The lowest BCUT2D eigenvalue weighted by Crippen LogP contribution is -2.34. The Hall–Kier alpha value is -0.510. The summed E-state index contributed by atoms with van der Waals surface area (Å²) in [6, 6.07) is 5.75. The van der Waals surface area contributed by atoms with E-state index in [-0.39, 0.29) is 0 Å². The van der Waals surface area contributed by atoms with Crippen LogP contribution in [-0.2, 0) is 0 Å². The van der Waals surface area contributed by atoms with Gasteiger partial charge in [0.15, 0.2) is 0 Å². The van der Waals surface area contributed by atoms with Crippen LogP contribution in [0.1, 0.15) is 12.8 Å². The number of rotatable bonds is 1. The lowest BCUT2D eigenvalue weighted by atomic mass is 10.1. The molecule has 0 unspecified atom stereocenters. The van der Waals surface area contributed by atoms with Gasteiger partial charge in [0, 0.05) is 28.9 Å². The molecule has 1 aliphatic rings. The molecule has 0 radical (unpaired) electrons. The zero-order valence-corrected chi connectivity index (χ0v) is 13.3. The summed E-state index contributed by atoms with van der Waals surface area (Å²) in [6.45, 7) is 1.95. The van der Waals surface area contributed by atoms with Crippen molar-refractivity contribution < 1.29 is 0 Å². The first-order chi connectivity index (χ1) is 9.15. The maximum atomic E-state index is 6.15. The van der Waals surface area contributed by atoms with E-state index in [1.54, 1.807) is 0 Å². The van der Waals surface area contributed by atoms with E-state index in [0.29, 0.717) is 5.38 Å². The van der Waals surface area contributed by atoms with Crippen LogP contribution >= 0.6 is 39.1 Å². The molecule has 2 nitrogen and oxygen atoms in total. The molecule has 0 saturated carbocycles. The Bertz CT molecular complexity index is 610. The Labute approximate surface area is 130 Å². The number of pyridine rings is 1. The summed E-state index contributed by atoms with van der Waals surface area (Å²) in [5.41, 5.74) is 2.07. The van der Waals surface area contributed by atoms with Crippen molar-refractivity contribution in [3.8, 4) is 0 Å². The topological polar surface area (TPSA) is 16.1 Å². The minimum Gasteiger partial charge on any atom is -0.369 e. The standard InChI is InChI=1S/C14H13BrCl2N2/c15-14-11-7-10(17)1-2-12(11)18-8-13(14)19-5-3-9(16)4-6-19/h1-2,7-9H,3-6H2. The molecule has 5 heteroatoms. The molecular weight excluding hydrogens is 347 g/mol. The molecule has 19 heavy (non-hydrogen) atoms. The summed E-state index contributed by atoms with van der Waals surface area (Å²) in [5, 5.41) is 2.09. The van der Waals surface area contributed by atoms with Crippen LogP contribution in [0.5, 0.6) is 0 Å². The van der Waals surface area contributed by atoms with Gasteiger partial charge in [0.2, 0.25) is 0 Å². The molecule has 0 amide bonds. The Kier molecular flexibility index (Phi) is 3.88. The van der Waals surface area contributed by atoms with Gasteiger partial charge in [-0.25, -0.2) is 0 Å². The fourth-order valence-electron chi connectivity index (χ4n) is 2.43. The van der Waals surface area contributed by atoms with Crippen molar-refractivity contribution in [2.24, 2.45) is 0 Å². The number of hydrogen-bond donors (Lipinski definition) is 0. The van der Waals surface area contributed by atoms with E-state index >= 15 is 0 Å². The molecule has 3 rings (SSSR count). The van der Waals surface area contributed by atoms with Crippen LogP contribution in [0.3, 0.4) is 0 Å². The lowest BCUT2D eigenvalue weighted by molar-refractivity contribution is 0.584. The van der Waals surface area contributed by atoms with E-state index < -0.39 is 0 Å². The van der Waals surface area contributed by atoms with Crippen molar-refractivity contribution >= 4 is 55.7 Å². The van der Waals surface area contributed by atoms with E-state index in [2.05, 4.69) is 25.8 Å². The van der Waals surface area contributed by atoms with E-state index in [9.17, 15) is 0 Å². The predicted octanol–water partition coefficient (Wildman–Crippen LogP) is 4.86. The number of hydrogen-bond acceptors (Lipinski definition) is 2. The van der Waals surface area contributed by atoms with Gasteiger partial charge in [-0.05, 0) is 47.0 Å². The van der Waals surface area contributed by atoms with Crippen LogP contribution < -0.4 is 4.90 Å². The average molecular weight is 360 g/mol. The Balaban J connectivity index is 2.02. The number of halogens is 3. The quantitative estimate of drug-likeness (QED) is 0.676. The molecule has 0 bridgehead atoms. The van der Waals surface area contributed by atoms with Crippen molar-refractivity contribution in [3.05, 3.63) is 33.9 Å². The van der Waals surface area contributed by atoms with E-state index in [0.717, 1.165) is 52.0 Å². The second kappa shape index (κ2) is 5.47.